The summed E-state index contributed by atoms with van der Waals surface area (Å²) in [6.07, 6.45) is 1.05. The summed E-state index contributed by atoms with van der Waals surface area (Å²) < 4.78 is 5.20. The first-order valence-electron chi connectivity index (χ1n) is 5.62. The molecule has 1 amide bonds. The number of methoxy groups -OCH3 is 1. The lowest BCUT2D eigenvalue weighted by molar-refractivity contribution is -0.129. The van der Waals surface area contributed by atoms with Crippen molar-refractivity contribution in [3.8, 4) is 6.07 Å². The predicted octanol–water partition coefficient (Wildman–Crippen LogP) is 1.86. The summed E-state index contributed by atoms with van der Waals surface area (Å²) in [6.45, 7) is 7.89. The van der Waals surface area contributed by atoms with Crippen LogP contribution in [-0.4, -0.2) is 25.2 Å². The number of hydrogen-bond donors (Lipinski definition) is 1. The van der Waals surface area contributed by atoms with Gasteiger partial charge in [0.1, 0.15) is 5.41 Å². The van der Waals surface area contributed by atoms with Crippen LogP contribution in [0.3, 0.4) is 0 Å². The Labute approximate surface area is 98.0 Å². The Bertz CT molecular complexity index is 275. The summed E-state index contributed by atoms with van der Waals surface area (Å²) in [5.74, 6) is -0.204. The Kier molecular flexibility index (Phi) is 5.46. The molecule has 0 aromatic carbocycles. The van der Waals surface area contributed by atoms with E-state index in [0.717, 1.165) is 0 Å². The second kappa shape index (κ2) is 5.86. The smallest absolute Gasteiger partial charge is 0.240 e. The molecule has 4 heteroatoms. The number of amides is 1. The highest BCUT2D eigenvalue weighted by Gasteiger charge is 2.35. The molecule has 16 heavy (non-hydrogen) atoms. The maximum absolute atomic E-state index is 11.9. The molecule has 0 atom stereocenters. The largest absolute Gasteiger partial charge is 0.377 e. The zero-order valence-corrected chi connectivity index (χ0v) is 10.9. The third-order valence-electron chi connectivity index (χ3n) is 3.08. The van der Waals surface area contributed by atoms with Gasteiger partial charge < -0.3 is 10.1 Å². The van der Waals surface area contributed by atoms with Crippen molar-refractivity contribution in [1.82, 2.24) is 5.32 Å². The molecule has 0 spiro atoms. The van der Waals surface area contributed by atoms with Gasteiger partial charge in [0.05, 0.1) is 11.7 Å². The van der Waals surface area contributed by atoms with Crippen molar-refractivity contribution in [3.05, 3.63) is 0 Å². The van der Waals surface area contributed by atoms with E-state index in [-0.39, 0.29) is 5.91 Å². The number of nitriles is 1. The third-order valence-corrected chi connectivity index (χ3v) is 3.08. The van der Waals surface area contributed by atoms with Crippen molar-refractivity contribution in [1.29, 1.82) is 5.26 Å². The Morgan fingerprint density at radius 3 is 2.19 bits per heavy atom. The minimum absolute atomic E-state index is 0.204. The predicted molar refractivity (Wildman–Crippen MR) is 62.7 cm³/mol. The molecule has 0 heterocycles. The summed E-state index contributed by atoms with van der Waals surface area (Å²) in [5, 5.41) is 11.9. The SMILES string of the molecule is CCC(C#N)(CC)C(=O)NCC(C)(C)OC. The maximum Gasteiger partial charge on any atom is 0.240 e. The van der Waals surface area contributed by atoms with Crippen molar-refractivity contribution in [2.24, 2.45) is 5.41 Å². The minimum Gasteiger partial charge on any atom is -0.377 e. The molecule has 0 bridgehead atoms. The van der Waals surface area contributed by atoms with E-state index in [0.29, 0.717) is 19.4 Å². The van der Waals surface area contributed by atoms with Gasteiger partial charge in [0.15, 0.2) is 0 Å². The number of ether oxygens (including phenoxy) is 1. The lowest BCUT2D eigenvalue weighted by Gasteiger charge is -2.27. The van der Waals surface area contributed by atoms with Crippen LogP contribution in [0.4, 0.5) is 0 Å². The van der Waals surface area contributed by atoms with E-state index >= 15 is 0 Å². The topological polar surface area (TPSA) is 62.1 Å². The highest BCUT2D eigenvalue weighted by Crippen LogP contribution is 2.25. The average molecular weight is 226 g/mol. The van der Waals surface area contributed by atoms with Gasteiger partial charge in [-0.2, -0.15) is 5.26 Å². The number of carbonyl (C=O) groups excluding carboxylic acids is 1. The molecule has 0 radical (unpaired) electrons. The molecule has 0 aromatic heterocycles. The minimum atomic E-state index is -0.899. The number of nitrogens with one attached hydrogen (secondary N) is 1. The fourth-order valence-electron chi connectivity index (χ4n) is 1.31. The van der Waals surface area contributed by atoms with E-state index in [1.165, 1.54) is 0 Å². The Balaban J connectivity index is 4.52. The Hall–Kier alpha value is -1.08. The van der Waals surface area contributed by atoms with Gasteiger partial charge in [-0.05, 0) is 26.7 Å². The van der Waals surface area contributed by atoms with Gasteiger partial charge in [0.2, 0.25) is 5.91 Å². The fraction of sp³-hybridized carbons (Fsp3) is 0.833. The molecule has 4 nitrogen and oxygen atoms in total. The Morgan fingerprint density at radius 2 is 1.88 bits per heavy atom. The van der Waals surface area contributed by atoms with Crippen LogP contribution in [0.2, 0.25) is 0 Å². The number of rotatable bonds is 6. The molecule has 0 aromatic rings. The van der Waals surface area contributed by atoms with Gasteiger partial charge in [-0.15, -0.1) is 0 Å². The summed E-state index contributed by atoms with van der Waals surface area (Å²) in [7, 11) is 1.60. The van der Waals surface area contributed by atoms with E-state index in [1.54, 1.807) is 7.11 Å². The maximum atomic E-state index is 11.9. The average Bonchev–Trinajstić information content (AvgIpc) is 2.29. The quantitative estimate of drug-likeness (QED) is 0.752. The van der Waals surface area contributed by atoms with Gasteiger partial charge in [0, 0.05) is 13.7 Å². The summed E-state index contributed by atoms with van der Waals surface area (Å²) >= 11 is 0. The van der Waals surface area contributed by atoms with Crippen LogP contribution < -0.4 is 5.32 Å². The monoisotopic (exact) mass is 226 g/mol. The molecular weight excluding hydrogens is 204 g/mol. The molecule has 0 aliphatic carbocycles. The van der Waals surface area contributed by atoms with Crippen molar-refractivity contribution < 1.29 is 9.53 Å². The molecule has 0 aliphatic rings. The first-order valence-corrected chi connectivity index (χ1v) is 5.62. The zero-order valence-electron chi connectivity index (χ0n) is 10.9. The van der Waals surface area contributed by atoms with E-state index in [4.69, 9.17) is 10.00 Å². The molecule has 0 unspecified atom stereocenters. The molecule has 1 N–H and O–H groups in total. The Morgan fingerprint density at radius 1 is 1.38 bits per heavy atom. The van der Waals surface area contributed by atoms with Gasteiger partial charge in [-0.1, -0.05) is 13.8 Å². The van der Waals surface area contributed by atoms with Crippen LogP contribution in [0.5, 0.6) is 0 Å². The van der Waals surface area contributed by atoms with Gasteiger partial charge in [-0.3, -0.25) is 4.79 Å². The van der Waals surface area contributed by atoms with Crippen LogP contribution in [-0.2, 0) is 9.53 Å². The van der Waals surface area contributed by atoms with Crippen LogP contribution in [0.15, 0.2) is 0 Å². The number of hydrogen-bond acceptors (Lipinski definition) is 3. The second-order valence-corrected chi connectivity index (χ2v) is 4.55. The van der Waals surface area contributed by atoms with Gasteiger partial charge in [0.25, 0.3) is 0 Å². The molecule has 0 aliphatic heterocycles. The molecule has 92 valence electrons. The molecule has 0 saturated heterocycles. The zero-order chi connectivity index (χ0) is 12.8. The standard InChI is InChI=1S/C12H22N2O2/c1-6-12(7-2,8-13)10(15)14-9-11(3,4)16-5/h6-7,9H2,1-5H3,(H,14,15). The van der Waals surface area contributed by atoms with Crippen molar-refractivity contribution in [2.45, 2.75) is 46.1 Å². The highest BCUT2D eigenvalue weighted by molar-refractivity contribution is 5.85. The summed E-state index contributed by atoms with van der Waals surface area (Å²) in [4.78, 5) is 11.9. The van der Waals surface area contributed by atoms with Crippen LogP contribution in [0.1, 0.15) is 40.5 Å². The van der Waals surface area contributed by atoms with Crippen LogP contribution in [0, 0.1) is 16.7 Å². The number of nitrogens with zero attached hydrogens (tertiary/aromatic N) is 1. The van der Waals surface area contributed by atoms with Gasteiger partial charge >= 0.3 is 0 Å². The molecule has 0 fully saturated rings. The van der Waals surface area contributed by atoms with E-state index in [9.17, 15) is 4.79 Å². The lowest BCUT2D eigenvalue weighted by Crippen LogP contribution is -2.46. The van der Waals surface area contributed by atoms with E-state index in [2.05, 4.69) is 11.4 Å². The summed E-state index contributed by atoms with van der Waals surface area (Å²) in [5.41, 5.74) is -1.30. The highest BCUT2D eigenvalue weighted by atomic mass is 16.5. The molecular formula is C12H22N2O2. The summed E-state index contributed by atoms with van der Waals surface area (Å²) in [6, 6.07) is 2.12. The normalized spacial score (nSPS) is 12.0. The van der Waals surface area contributed by atoms with Crippen molar-refractivity contribution in [2.75, 3.05) is 13.7 Å². The van der Waals surface area contributed by atoms with E-state index in [1.807, 2.05) is 27.7 Å². The van der Waals surface area contributed by atoms with Crippen molar-refractivity contribution in [3.63, 3.8) is 0 Å². The number of carbonyl (C=O) groups is 1. The second-order valence-electron chi connectivity index (χ2n) is 4.55. The fourth-order valence-corrected chi connectivity index (χ4v) is 1.31. The molecule has 0 saturated carbocycles. The van der Waals surface area contributed by atoms with Crippen LogP contribution in [0.25, 0.3) is 0 Å². The van der Waals surface area contributed by atoms with Crippen LogP contribution >= 0.6 is 0 Å². The van der Waals surface area contributed by atoms with E-state index < -0.39 is 11.0 Å². The van der Waals surface area contributed by atoms with Crippen molar-refractivity contribution >= 4 is 5.91 Å². The first kappa shape index (κ1) is 14.9. The first-order chi connectivity index (χ1) is 7.37. The lowest BCUT2D eigenvalue weighted by atomic mass is 9.83. The van der Waals surface area contributed by atoms with Gasteiger partial charge in [-0.25, -0.2) is 0 Å². The third kappa shape index (κ3) is 3.49. The molecule has 0 rings (SSSR count).